The number of carboxylic acid groups (broad SMARTS) is 1. The molecule has 0 radical (unpaired) electrons. The Labute approximate surface area is 206 Å². The number of carbonyl (C=O) groups excluding carboxylic acids is 1. The second-order valence-corrected chi connectivity index (χ2v) is 9.70. The van der Waals surface area contributed by atoms with Gasteiger partial charge in [-0.15, -0.1) is 0 Å². The molecule has 2 amide bonds. The summed E-state index contributed by atoms with van der Waals surface area (Å²) in [4.78, 5) is 22.4. The minimum Gasteiger partial charge on any atom is -0.486 e. The van der Waals surface area contributed by atoms with E-state index in [0.29, 0.717) is 16.4 Å². The number of hydrogen-bond donors (Lipinski definition) is 3. The number of halogens is 6. The number of anilines is 2. The Bertz CT molecular complexity index is 1280. The van der Waals surface area contributed by atoms with Gasteiger partial charge in [0.05, 0.1) is 35.5 Å². The maximum absolute atomic E-state index is 13.4. The molecule has 2 aromatic rings. The van der Waals surface area contributed by atoms with Crippen LogP contribution in [0.1, 0.15) is 18.4 Å². The molecule has 202 valence electrons. The molecule has 0 aliphatic carbocycles. The SMILES string of the molecule is O=C(O)Nc1ccc2c(c1)N(S(=O)(=O)c1cccc(C(F)(F)F)c1)CC(CC(=O)NCCC(F)(F)F)O2. The summed E-state index contributed by atoms with van der Waals surface area (Å²) in [6, 6.07) is 6.39. The minimum absolute atomic E-state index is 0.0811. The molecule has 0 spiro atoms. The number of ether oxygens (including phenoxy) is 1. The monoisotopic (exact) mass is 555 g/mol. The lowest BCUT2D eigenvalue weighted by molar-refractivity contribution is -0.138. The fourth-order valence-electron chi connectivity index (χ4n) is 3.43. The Hall–Kier alpha value is -3.69. The number of nitrogens with one attached hydrogen (secondary N) is 2. The highest BCUT2D eigenvalue weighted by Crippen LogP contribution is 2.40. The zero-order chi connectivity index (χ0) is 27.6. The van der Waals surface area contributed by atoms with Crippen molar-refractivity contribution in [2.75, 3.05) is 22.7 Å². The number of sulfonamides is 1. The number of benzene rings is 2. The van der Waals surface area contributed by atoms with Crippen LogP contribution in [-0.4, -0.2) is 50.9 Å². The van der Waals surface area contributed by atoms with Crippen LogP contribution in [0.25, 0.3) is 0 Å². The van der Waals surface area contributed by atoms with E-state index in [1.807, 2.05) is 10.6 Å². The van der Waals surface area contributed by atoms with Crippen LogP contribution >= 0.6 is 0 Å². The summed E-state index contributed by atoms with van der Waals surface area (Å²) in [6.07, 6.45) is -13.9. The van der Waals surface area contributed by atoms with Gasteiger partial charge in [0.1, 0.15) is 11.9 Å². The molecule has 0 saturated heterocycles. The Morgan fingerprint density at radius 3 is 2.41 bits per heavy atom. The van der Waals surface area contributed by atoms with Crippen molar-refractivity contribution in [1.29, 1.82) is 0 Å². The molecular formula is C21H19F6N3O6S. The van der Waals surface area contributed by atoms with Gasteiger partial charge in [-0.2, -0.15) is 26.3 Å². The quantitative estimate of drug-likeness (QED) is 0.440. The average Bonchev–Trinajstić information content (AvgIpc) is 2.77. The van der Waals surface area contributed by atoms with Crippen LogP contribution in [0.5, 0.6) is 5.75 Å². The molecule has 0 bridgehead atoms. The molecule has 1 heterocycles. The summed E-state index contributed by atoms with van der Waals surface area (Å²) < 4.78 is 110. The highest BCUT2D eigenvalue weighted by atomic mass is 32.2. The molecule has 37 heavy (non-hydrogen) atoms. The highest BCUT2D eigenvalue weighted by Gasteiger charge is 2.38. The lowest BCUT2D eigenvalue weighted by atomic mass is 10.1. The second-order valence-electron chi connectivity index (χ2n) is 7.83. The van der Waals surface area contributed by atoms with Gasteiger partial charge < -0.3 is 15.2 Å². The molecule has 0 aromatic heterocycles. The first-order valence-corrected chi connectivity index (χ1v) is 11.8. The second kappa shape index (κ2) is 10.4. The van der Waals surface area contributed by atoms with E-state index in [1.54, 1.807) is 0 Å². The molecule has 9 nitrogen and oxygen atoms in total. The topological polar surface area (TPSA) is 125 Å². The van der Waals surface area contributed by atoms with E-state index in [4.69, 9.17) is 9.84 Å². The van der Waals surface area contributed by atoms with Gasteiger partial charge in [0.15, 0.2) is 0 Å². The average molecular weight is 555 g/mol. The first kappa shape index (κ1) is 27.9. The first-order valence-electron chi connectivity index (χ1n) is 10.4. The molecular weight excluding hydrogens is 536 g/mol. The van der Waals surface area contributed by atoms with Gasteiger partial charge in [0, 0.05) is 12.2 Å². The van der Waals surface area contributed by atoms with E-state index in [2.05, 4.69) is 0 Å². The van der Waals surface area contributed by atoms with Crippen molar-refractivity contribution in [3.8, 4) is 5.75 Å². The minimum atomic E-state index is -4.84. The van der Waals surface area contributed by atoms with E-state index in [1.165, 1.54) is 12.1 Å². The summed E-state index contributed by atoms with van der Waals surface area (Å²) in [5.74, 6) is -1.02. The smallest absolute Gasteiger partial charge is 0.416 e. The molecule has 1 aliphatic rings. The third-order valence-electron chi connectivity index (χ3n) is 5.04. The van der Waals surface area contributed by atoms with Crippen molar-refractivity contribution in [2.45, 2.75) is 36.2 Å². The Kier molecular flexibility index (Phi) is 7.80. The van der Waals surface area contributed by atoms with Crippen LogP contribution in [0.4, 0.5) is 42.5 Å². The van der Waals surface area contributed by atoms with Crippen LogP contribution in [-0.2, 0) is 21.0 Å². The van der Waals surface area contributed by atoms with Crippen molar-refractivity contribution in [3.63, 3.8) is 0 Å². The summed E-state index contributed by atoms with van der Waals surface area (Å²) in [6.45, 7) is -1.32. The zero-order valence-electron chi connectivity index (χ0n) is 18.6. The molecule has 0 fully saturated rings. The Balaban J connectivity index is 1.95. The Morgan fingerprint density at radius 1 is 1.08 bits per heavy atom. The predicted molar refractivity (Wildman–Crippen MR) is 117 cm³/mol. The highest BCUT2D eigenvalue weighted by molar-refractivity contribution is 7.92. The number of amides is 2. The molecule has 1 unspecified atom stereocenters. The van der Waals surface area contributed by atoms with Gasteiger partial charge in [0.25, 0.3) is 10.0 Å². The van der Waals surface area contributed by atoms with Crippen LogP contribution in [0.3, 0.4) is 0 Å². The van der Waals surface area contributed by atoms with Crippen molar-refractivity contribution in [2.24, 2.45) is 0 Å². The summed E-state index contributed by atoms with van der Waals surface area (Å²) in [5.41, 5.74) is -1.54. The zero-order valence-corrected chi connectivity index (χ0v) is 19.4. The van der Waals surface area contributed by atoms with Crippen molar-refractivity contribution >= 4 is 33.4 Å². The van der Waals surface area contributed by atoms with Gasteiger partial charge in [0.2, 0.25) is 5.91 Å². The normalized spacial score (nSPS) is 15.9. The molecule has 0 saturated carbocycles. The van der Waals surface area contributed by atoms with E-state index in [-0.39, 0.29) is 17.1 Å². The van der Waals surface area contributed by atoms with Gasteiger partial charge >= 0.3 is 18.4 Å². The molecule has 2 aromatic carbocycles. The fraction of sp³-hybridized carbons (Fsp3) is 0.333. The van der Waals surface area contributed by atoms with E-state index >= 15 is 0 Å². The number of carbonyl (C=O) groups is 2. The maximum Gasteiger partial charge on any atom is 0.416 e. The lowest BCUT2D eigenvalue weighted by Crippen LogP contribution is -2.45. The maximum atomic E-state index is 13.4. The Morgan fingerprint density at radius 2 is 1.78 bits per heavy atom. The summed E-state index contributed by atoms with van der Waals surface area (Å²) in [7, 11) is -4.71. The van der Waals surface area contributed by atoms with Crippen LogP contribution < -0.4 is 19.7 Å². The van der Waals surface area contributed by atoms with Gasteiger partial charge in [-0.1, -0.05) is 6.07 Å². The van der Waals surface area contributed by atoms with Gasteiger partial charge in [-0.05, 0) is 36.4 Å². The third-order valence-corrected chi connectivity index (χ3v) is 6.81. The van der Waals surface area contributed by atoms with E-state index < -0.39 is 76.9 Å². The number of alkyl halides is 6. The van der Waals surface area contributed by atoms with Crippen LogP contribution in [0.15, 0.2) is 47.4 Å². The largest absolute Gasteiger partial charge is 0.486 e. The summed E-state index contributed by atoms with van der Waals surface area (Å²) >= 11 is 0. The van der Waals surface area contributed by atoms with Crippen molar-refractivity contribution < 1.29 is 54.2 Å². The van der Waals surface area contributed by atoms with E-state index in [0.717, 1.165) is 18.2 Å². The molecule has 3 N–H and O–H groups in total. The molecule has 1 aliphatic heterocycles. The molecule has 16 heteroatoms. The van der Waals surface area contributed by atoms with Crippen molar-refractivity contribution in [1.82, 2.24) is 5.32 Å². The summed E-state index contributed by atoms with van der Waals surface area (Å²) in [5, 5.41) is 13.0. The standard InChI is InChI=1S/C21H19F6N3O6S/c22-20(23,24)6-7-28-18(31)10-14-11-30(16-9-13(29-19(32)33)4-5-17(16)36-14)37(34,35)15-3-1-2-12(8-15)21(25,26)27/h1-5,8-9,14,29H,6-7,10-11H2,(H,28,31)(H,32,33). The van der Waals surface area contributed by atoms with E-state index in [9.17, 15) is 44.3 Å². The third kappa shape index (κ3) is 7.18. The van der Waals surface area contributed by atoms with Crippen LogP contribution in [0.2, 0.25) is 0 Å². The number of nitrogens with zero attached hydrogens (tertiary/aromatic N) is 1. The molecule has 1 atom stereocenters. The van der Waals surface area contributed by atoms with Gasteiger partial charge in [-0.25, -0.2) is 13.2 Å². The van der Waals surface area contributed by atoms with Crippen LogP contribution in [0, 0.1) is 0 Å². The van der Waals surface area contributed by atoms with Crippen molar-refractivity contribution in [3.05, 3.63) is 48.0 Å². The lowest BCUT2D eigenvalue weighted by Gasteiger charge is -2.35. The number of rotatable bonds is 7. The first-order chi connectivity index (χ1) is 17.1. The number of hydrogen-bond acceptors (Lipinski definition) is 5. The molecule has 3 rings (SSSR count). The number of fused-ring (bicyclic) bond motifs is 1. The fourth-order valence-corrected chi connectivity index (χ4v) is 4.97. The predicted octanol–water partition coefficient (Wildman–Crippen LogP) is 4.21. The van der Waals surface area contributed by atoms with Gasteiger partial charge in [-0.3, -0.25) is 14.4 Å².